The van der Waals surface area contributed by atoms with Gasteiger partial charge in [-0.1, -0.05) is 33.1 Å². The zero-order chi connectivity index (χ0) is 22.7. The van der Waals surface area contributed by atoms with Gasteiger partial charge in [-0.25, -0.2) is 15.9 Å². The molecule has 170 valence electrons. The van der Waals surface area contributed by atoms with E-state index < -0.39 is 11.8 Å². The normalized spacial score (nSPS) is 12.0. The maximum Gasteiger partial charge on any atom is 0.252 e. The molecule has 11 heteroatoms. The van der Waals surface area contributed by atoms with E-state index in [4.69, 9.17) is 5.84 Å². The first kappa shape index (κ1) is 25.7. The number of hydrazine groups is 1. The predicted molar refractivity (Wildman–Crippen MR) is 115 cm³/mol. The third kappa shape index (κ3) is 8.17. The number of rotatable bonds is 14. The van der Waals surface area contributed by atoms with Crippen molar-refractivity contribution in [3.05, 3.63) is 5.82 Å². The largest absolute Gasteiger partial charge is 0.342 e. The summed E-state index contributed by atoms with van der Waals surface area (Å²) in [4.78, 5) is 40.9. The summed E-state index contributed by atoms with van der Waals surface area (Å²) in [6.07, 6.45) is 4.03. The third-order valence-corrected chi connectivity index (χ3v) is 4.69. The number of carbonyl (C=O) groups is 2. The van der Waals surface area contributed by atoms with Crippen LogP contribution in [0.25, 0.3) is 0 Å². The number of nitrogens with two attached hydrogens (primary N) is 1. The van der Waals surface area contributed by atoms with Gasteiger partial charge in [-0.3, -0.25) is 14.8 Å². The molecule has 30 heavy (non-hydrogen) atoms. The smallest absolute Gasteiger partial charge is 0.252 e. The van der Waals surface area contributed by atoms with Crippen molar-refractivity contribution in [2.75, 3.05) is 50.7 Å². The highest BCUT2D eigenvalue weighted by molar-refractivity contribution is 5.92. The molecule has 0 radical (unpaired) electrons. The summed E-state index contributed by atoms with van der Waals surface area (Å²) < 4.78 is 0. The Morgan fingerprint density at radius 1 is 1.10 bits per heavy atom. The van der Waals surface area contributed by atoms with Crippen molar-refractivity contribution in [1.29, 1.82) is 0 Å². The van der Waals surface area contributed by atoms with Crippen LogP contribution in [0.3, 0.4) is 0 Å². The Morgan fingerprint density at radius 2 is 1.77 bits per heavy atom. The van der Waals surface area contributed by atoms with Crippen LogP contribution in [-0.4, -0.2) is 83.2 Å². The van der Waals surface area contributed by atoms with E-state index in [-0.39, 0.29) is 18.9 Å². The van der Waals surface area contributed by atoms with Crippen molar-refractivity contribution in [3.63, 3.8) is 0 Å². The van der Waals surface area contributed by atoms with Gasteiger partial charge in [-0.05, 0) is 20.5 Å². The molecule has 11 nitrogen and oxygen atoms in total. The van der Waals surface area contributed by atoms with Crippen molar-refractivity contribution < 1.29 is 14.8 Å². The van der Waals surface area contributed by atoms with Gasteiger partial charge < -0.3 is 9.80 Å². The minimum Gasteiger partial charge on any atom is -0.342 e. The summed E-state index contributed by atoms with van der Waals surface area (Å²) in [5, 5.41) is 11.0. The molecule has 0 spiro atoms. The summed E-state index contributed by atoms with van der Waals surface area (Å²) in [7, 11) is 5.83. The Morgan fingerprint density at radius 3 is 2.33 bits per heavy atom. The molecule has 0 saturated heterocycles. The molecule has 1 atom stereocenters. The van der Waals surface area contributed by atoms with Crippen LogP contribution < -0.4 is 15.8 Å². The highest BCUT2D eigenvalue weighted by Crippen LogP contribution is 2.18. The molecule has 0 aromatic carbocycles. The van der Waals surface area contributed by atoms with Crippen LogP contribution in [0.4, 0.5) is 11.9 Å². The fourth-order valence-electron chi connectivity index (χ4n) is 2.78. The molecule has 1 heterocycles. The van der Waals surface area contributed by atoms with Crippen LogP contribution in [0.15, 0.2) is 0 Å². The highest BCUT2D eigenvalue weighted by Gasteiger charge is 2.27. The molecule has 2 amide bonds. The molecule has 3 N–H and O–H groups in total. The number of hydrogen-bond acceptors (Lipinski definition) is 9. The Hall–Kier alpha value is -2.37. The van der Waals surface area contributed by atoms with Gasteiger partial charge in [-0.2, -0.15) is 15.0 Å². The average Bonchev–Trinajstić information content (AvgIpc) is 2.75. The van der Waals surface area contributed by atoms with Crippen LogP contribution >= 0.6 is 0 Å². The minimum atomic E-state index is -0.659. The monoisotopic (exact) mass is 424 g/mol. The topological polar surface area (TPSA) is 132 Å². The van der Waals surface area contributed by atoms with Crippen LogP contribution in [0.2, 0.25) is 0 Å². The second-order valence-electron chi connectivity index (χ2n) is 7.56. The fourth-order valence-corrected chi connectivity index (χ4v) is 2.78. The second-order valence-corrected chi connectivity index (χ2v) is 7.56. The minimum absolute atomic E-state index is 0.0506. The number of likely N-dealkylation sites (N-methyl/N-ethyl adjacent to an activating group) is 2. The lowest BCUT2D eigenvalue weighted by molar-refractivity contribution is -0.154. The molecule has 0 fully saturated rings. The average molecular weight is 425 g/mol. The van der Waals surface area contributed by atoms with Gasteiger partial charge in [0.05, 0.1) is 12.5 Å². The van der Waals surface area contributed by atoms with Gasteiger partial charge in [0.15, 0.2) is 0 Å². The first-order chi connectivity index (χ1) is 14.2. The number of unbranched alkanes of at least 4 members (excludes halogenated alkanes) is 2. The Labute approximate surface area is 178 Å². The molecular weight excluding hydrogens is 388 g/mol. The van der Waals surface area contributed by atoms with Gasteiger partial charge in [0, 0.05) is 26.6 Å². The van der Waals surface area contributed by atoms with Crippen LogP contribution in [0.5, 0.6) is 0 Å². The number of anilines is 2. The summed E-state index contributed by atoms with van der Waals surface area (Å²) in [6.45, 7) is 5.33. The van der Waals surface area contributed by atoms with Gasteiger partial charge in [0.25, 0.3) is 5.95 Å². The quantitative estimate of drug-likeness (QED) is 0.110. The Balaban J connectivity index is 3.08. The maximum absolute atomic E-state index is 13.0. The van der Waals surface area contributed by atoms with Crippen LogP contribution in [0, 0.1) is 5.92 Å². The third-order valence-electron chi connectivity index (χ3n) is 4.69. The number of carbonyl (C=O) groups excluding carboxylic acids is 2. The van der Waals surface area contributed by atoms with Crippen LogP contribution in [-0.2, 0) is 16.0 Å². The van der Waals surface area contributed by atoms with Crippen molar-refractivity contribution in [1.82, 2.24) is 24.9 Å². The standard InChI is InChI=1S/C19H36N8O3/c1-6-8-9-10-15(13-26(30)14-28)17(29)27(20)19-22-16(7-2)21-18(23-19)25(5)12-11-24(3)4/h14-15,30H,6-13,20H2,1-5H3/t15-/m1/s1. The lowest BCUT2D eigenvalue weighted by Crippen LogP contribution is -2.46. The molecule has 0 unspecified atom stereocenters. The molecule has 1 aromatic rings. The fraction of sp³-hybridized carbons (Fsp3) is 0.737. The van der Waals surface area contributed by atoms with Crippen molar-refractivity contribution in [3.8, 4) is 0 Å². The SMILES string of the molecule is CCCCC[C@H](CN(O)C=O)C(=O)N(N)c1nc(CC)nc(N(C)CCN(C)C)n1. The zero-order valence-corrected chi connectivity index (χ0v) is 18.8. The number of hydrogen-bond donors (Lipinski definition) is 2. The molecule has 1 aromatic heterocycles. The lowest BCUT2D eigenvalue weighted by atomic mass is 10.00. The molecule has 0 aliphatic carbocycles. The molecule has 0 aliphatic heterocycles. The van der Waals surface area contributed by atoms with Gasteiger partial charge in [-0.15, -0.1) is 0 Å². The summed E-state index contributed by atoms with van der Waals surface area (Å²) >= 11 is 0. The van der Waals surface area contributed by atoms with E-state index in [0.717, 1.165) is 30.8 Å². The lowest BCUT2D eigenvalue weighted by Gasteiger charge is -2.25. The van der Waals surface area contributed by atoms with Gasteiger partial charge in [0.2, 0.25) is 18.3 Å². The zero-order valence-electron chi connectivity index (χ0n) is 18.8. The van der Waals surface area contributed by atoms with Gasteiger partial charge >= 0.3 is 0 Å². The van der Waals surface area contributed by atoms with E-state index in [9.17, 15) is 14.8 Å². The Kier molecular flexibility index (Phi) is 11.2. The van der Waals surface area contributed by atoms with Gasteiger partial charge in [0.1, 0.15) is 5.82 Å². The second kappa shape index (κ2) is 13.0. The van der Waals surface area contributed by atoms with Crippen molar-refractivity contribution in [2.24, 2.45) is 11.8 Å². The number of aromatic nitrogens is 3. The first-order valence-electron chi connectivity index (χ1n) is 10.3. The van der Waals surface area contributed by atoms with Crippen LogP contribution in [0.1, 0.15) is 45.4 Å². The number of aryl methyl sites for hydroxylation is 1. The summed E-state index contributed by atoms with van der Waals surface area (Å²) in [5.74, 6) is 5.98. The van der Waals surface area contributed by atoms with E-state index in [0.29, 0.717) is 36.2 Å². The number of nitrogens with zero attached hydrogens (tertiary/aromatic N) is 7. The highest BCUT2D eigenvalue weighted by atomic mass is 16.5. The van der Waals surface area contributed by atoms with E-state index >= 15 is 0 Å². The molecule has 0 aliphatic rings. The predicted octanol–water partition coefficient (Wildman–Crippen LogP) is 0.683. The molecule has 0 saturated carbocycles. The summed E-state index contributed by atoms with van der Waals surface area (Å²) in [6, 6.07) is 0. The van der Waals surface area contributed by atoms with Crippen molar-refractivity contribution >= 4 is 24.2 Å². The molecular formula is C19H36N8O3. The summed E-state index contributed by atoms with van der Waals surface area (Å²) in [5.41, 5.74) is 0. The maximum atomic E-state index is 13.0. The number of amides is 2. The Bertz CT molecular complexity index is 673. The van der Waals surface area contributed by atoms with E-state index in [2.05, 4.69) is 21.9 Å². The van der Waals surface area contributed by atoms with Crippen molar-refractivity contribution in [2.45, 2.75) is 46.0 Å². The van der Waals surface area contributed by atoms with E-state index in [1.807, 2.05) is 37.9 Å². The first-order valence-corrected chi connectivity index (χ1v) is 10.3. The van der Waals surface area contributed by atoms with E-state index in [1.165, 1.54) is 0 Å². The van der Waals surface area contributed by atoms with E-state index in [1.54, 1.807) is 0 Å². The molecule has 0 bridgehead atoms. The number of hydroxylamine groups is 2. The molecule has 1 rings (SSSR count).